The van der Waals surface area contributed by atoms with Crippen LogP contribution in [0.5, 0.6) is 0 Å². The minimum Gasteiger partial charge on any atom is -0.358 e. The van der Waals surface area contributed by atoms with Crippen LogP contribution < -0.4 is 0 Å². The van der Waals surface area contributed by atoms with Gasteiger partial charge in [0.25, 0.3) is 0 Å². The van der Waals surface area contributed by atoms with Gasteiger partial charge < -0.3 is 14.9 Å². The fourth-order valence-corrected chi connectivity index (χ4v) is 19.4. The molecule has 0 unspecified atom stereocenters. The van der Waals surface area contributed by atoms with Crippen molar-refractivity contribution in [3.8, 4) is 0 Å². The topological polar surface area (TPSA) is 0 Å². The Balaban J connectivity index is 0.000000200. The molecule has 4 aromatic rings. The Kier molecular flexibility index (Phi) is 15.4. The molecule has 1 radical (unpaired) electrons. The van der Waals surface area contributed by atoms with Crippen molar-refractivity contribution in [3.63, 3.8) is 0 Å². The Bertz CT molecular complexity index is 1190. The smallest absolute Gasteiger partial charge is 0.358 e. The first-order valence-corrected chi connectivity index (χ1v) is 21.3. The van der Waals surface area contributed by atoms with Crippen LogP contribution in [0.15, 0.2) is 121 Å². The summed E-state index contributed by atoms with van der Waals surface area (Å²) in [4.78, 5) is 0. The average molecular weight is 752 g/mol. The van der Waals surface area contributed by atoms with Gasteiger partial charge >= 0.3 is 19.5 Å². The summed E-state index contributed by atoms with van der Waals surface area (Å²) < 4.78 is 0. The molecule has 2 saturated carbocycles. The summed E-state index contributed by atoms with van der Waals surface area (Å²) in [5.74, 6) is 0. The molecule has 2 aliphatic carbocycles. The van der Waals surface area contributed by atoms with E-state index < -0.39 is 0 Å². The Labute approximate surface area is 303 Å². The third-order valence-corrected chi connectivity index (χ3v) is 20.3. The van der Waals surface area contributed by atoms with Crippen molar-refractivity contribution in [2.45, 2.75) is 111 Å². The zero-order chi connectivity index (χ0) is 29.6. The Hall–Kier alpha value is -1.64. The molecule has 3 heteroatoms. The van der Waals surface area contributed by atoms with Crippen molar-refractivity contribution in [3.05, 3.63) is 158 Å². The number of hydrogen-bond donors (Lipinski definition) is 0. The van der Waals surface area contributed by atoms with Gasteiger partial charge in [-0.05, 0) is 99.3 Å². The second-order valence-electron chi connectivity index (χ2n) is 14.0. The summed E-state index contributed by atoms with van der Waals surface area (Å²) >= 11 is 0. The van der Waals surface area contributed by atoms with Crippen LogP contribution in [0.25, 0.3) is 0 Å². The van der Waals surface area contributed by atoms with E-state index in [4.69, 9.17) is 0 Å². The van der Waals surface area contributed by atoms with Gasteiger partial charge in [-0.25, -0.2) is 0 Å². The molecule has 4 aliphatic rings. The summed E-state index contributed by atoms with van der Waals surface area (Å²) in [5, 5.41) is 0. The molecule has 0 amide bonds. The zero-order valence-corrected chi connectivity index (χ0v) is 32.5. The predicted octanol–water partition coefficient (Wildman–Crippen LogP) is 13.7. The molecular weight excluding hydrogens is 693 g/mol. The molecule has 0 nitrogen and oxygen atoms in total. The first-order chi connectivity index (χ1) is 21.9. The van der Waals surface area contributed by atoms with E-state index in [0.717, 1.165) is 34.0 Å². The van der Waals surface area contributed by atoms with Gasteiger partial charge in [0.1, 0.15) is 0 Å². The van der Waals surface area contributed by atoms with Crippen LogP contribution >= 0.6 is 15.8 Å². The first-order valence-electron chi connectivity index (χ1n) is 17.8. The minimum absolute atomic E-state index is 0. The maximum Gasteiger partial charge on any atom is 2.00 e. The molecule has 0 spiro atoms. The number of benzene rings is 4. The monoisotopic (exact) mass is 751 g/mol. The van der Waals surface area contributed by atoms with Crippen LogP contribution in [-0.2, 0) is 19.5 Å². The van der Waals surface area contributed by atoms with E-state index in [2.05, 4.69) is 121 Å². The van der Waals surface area contributed by atoms with Crippen molar-refractivity contribution in [1.82, 2.24) is 0 Å². The number of hydrogen-bond acceptors (Lipinski definition) is 0. The van der Waals surface area contributed by atoms with Gasteiger partial charge in [-0.1, -0.05) is 121 Å². The molecular formula is C44H58P2Rh+2. The minimum atomic E-state index is -0.371. The molecule has 2 saturated heterocycles. The van der Waals surface area contributed by atoms with Gasteiger partial charge in [0.05, 0.1) is 34.0 Å². The van der Waals surface area contributed by atoms with Crippen LogP contribution in [0.1, 0.15) is 122 Å². The Morgan fingerprint density at radius 3 is 0.745 bits per heavy atom. The summed E-state index contributed by atoms with van der Waals surface area (Å²) in [6.45, 7) is 0. The van der Waals surface area contributed by atoms with Crippen molar-refractivity contribution in [1.29, 1.82) is 0 Å². The van der Waals surface area contributed by atoms with E-state index in [1.807, 2.05) is 0 Å². The number of rotatable bonds is 6. The maximum atomic E-state index is 2.39. The van der Waals surface area contributed by atoms with Crippen molar-refractivity contribution in [2.24, 2.45) is 0 Å². The summed E-state index contributed by atoms with van der Waals surface area (Å²) in [6, 6.07) is 45.6. The van der Waals surface area contributed by atoms with Gasteiger partial charge in [-0.15, -0.1) is 0 Å². The van der Waals surface area contributed by atoms with Crippen LogP contribution in [0.2, 0.25) is 0 Å². The third kappa shape index (κ3) is 8.94. The molecule has 4 fully saturated rings. The Morgan fingerprint density at radius 1 is 0.319 bits per heavy atom. The van der Waals surface area contributed by atoms with Gasteiger partial charge in [0, 0.05) is 15.8 Å². The predicted molar refractivity (Wildman–Crippen MR) is 209 cm³/mol. The third-order valence-electron chi connectivity index (χ3n) is 11.6. The fourth-order valence-electron chi connectivity index (χ4n) is 9.65. The van der Waals surface area contributed by atoms with Gasteiger partial charge in [-0.2, -0.15) is 0 Å². The van der Waals surface area contributed by atoms with Gasteiger partial charge in [0.15, 0.2) is 0 Å². The molecule has 47 heavy (non-hydrogen) atoms. The quantitative estimate of drug-likeness (QED) is 0.105. The summed E-state index contributed by atoms with van der Waals surface area (Å²) in [5.41, 5.74) is 12.1. The average Bonchev–Trinajstić information content (AvgIpc) is 3.93. The van der Waals surface area contributed by atoms with E-state index in [1.54, 1.807) is 22.3 Å². The summed E-state index contributed by atoms with van der Waals surface area (Å²) in [7, 11) is -0.742. The molecule has 8 rings (SSSR count). The largest absolute Gasteiger partial charge is 2.00 e. The van der Waals surface area contributed by atoms with Crippen LogP contribution in [0.4, 0.5) is 0 Å². The second kappa shape index (κ2) is 18.9. The van der Waals surface area contributed by atoms with E-state index in [-0.39, 0.29) is 50.2 Å². The fraction of sp³-hybridized carbons (Fsp3) is 0.409. The van der Waals surface area contributed by atoms with Crippen LogP contribution in [-0.4, -0.2) is 11.3 Å². The van der Waals surface area contributed by atoms with E-state index in [0.29, 0.717) is 0 Å². The van der Waals surface area contributed by atoms with Gasteiger partial charge in [-0.3, -0.25) is 0 Å². The first kappa shape index (κ1) is 38.2. The second-order valence-corrected chi connectivity index (χ2v) is 20.4. The standard InChI is InChI=1S/2C21H25P.2CH3.Rh/c2*1-3-9-17(10-4-1)20-15-16-21(18-11-5-2-6-12-18)22(20)19-13-7-8-14-19;;;/h2*1-6,9-12,19-21H,7-8,13-16H2;2*1H3;/q;;2*-1;+2/p+2/t2*20-,21-;;;/m00.../s1. The molecule has 251 valence electrons. The summed E-state index contributed by atoms with van der Waals surface area (Å²) in [6.07, 6.45) is 17.5. The van der Waals surface area contributed by atoms with Crippen molar-refractivity contribution >= 4 is 15.8 Å². The molecule has 0 aromatic heterocycles. The molecule has 4 aromatic carbocycles. The normalized spacial score (nSPS) is 24.9. The SMILES string of the molecule is [CH3-].[CH3-].[Rh+2].c1ccc([C@@H]2CC[C@@H](c3ccccc3)[PH+]2C2CCCC2)cc1.c1ccc([C@@H]2CC[C@@H](c3ccccc3)[PH+]2C2CCCC2)cc1. The Morgan fingerprint density at radius 2 is 0.532 bits per heavy atom. The van der Waals surface area contributed by atoms with E-state index in [9.17, 15) is 0 Å². The van der Waals surface area contributed by atoms with Crippen LogP contribution in [0.3, 0.4) is 0 Å². The molecule has 2 heterocycles. The molecule has 2 aliphatic heterocycles. The van der Waals surface area contributed by atoms with E-state index >= 15 is 0 Å². The molecule has 4 atom stereocenters. The molecule has 0 bridgehead atoms. The van der Waals surface area contributed by atoms with E-state index in [1.165, 1.54) is 77.0 Å². The zero-order valence-electron chi connectivity index (χ0n) is 28.8. The van der Waals surface area contributed by atoms with Gasteiger partial charge in [0.2, 0.25) is 0 Å². The van der Waals surface area contributed by atoms with Crippen molar-refractivity contribution < 1.29 is 19.5 Å². The van der Waals surface area contributed by atoms with Crippen molar-refractivity contribution in [2.75, 3.05) is 0 Å². The maximum absolute atomic E-state index is 2.39. The van der Waals surface area contributed by atoms with Crippen LogP contribution in [0, 0.1) is 14.9 Å². The molecule has 0 N–H and O–H groups in total.